The minimum absolute atomic E-state index is 0.0546. The van der Waals surface area contributed by atoms with Gasteiger partial charge in [-0.3, -0.25) is 5.10 Å². The van der Waals surface area contributed by atoms with Crippen LogP contribution in [0.5, 0.6) is 0 Å². The van der Waals surface area contributed by atoms with Gasteiger partial charge in [-0.2, -0.15) is 5.10 Å². The lowest BCUT2D eigenvalue weighted by atomic mass is 9.85. The molecule has 0 aromatic carbocycles. The molecular formula is C20H26N8O. The predicted octanol–water partition coefficient (Wildman–Crippen LogP) is 2.81. The lowest BCUT2D eigenvalue weighted by molar-refractivity contribution is 0.170. The number of nitrogens with zero attached hydrogens (tertiary/aromatic N) is 5. The maximum absolute atomic E-state index is 12.4. The van der Waals surface area contributed by atoms with E-state index in [0.29, 0.717) is 30.2 Å². The summed E-state index contributed by atoms with van der Waals surface area (Å²) >= 11 is 0. The molecule has 4 rings (SSSR count). The van der Waals surface area contributed by atoms with Gasteiger partial charge in [-0.05, 0) is 37.0 Å². The number of anilines is 1. The fourth-order valence-corrected chi connectivity index (χ4v) is 3.91. The third kappa shape index (κ3) is 3.32. The summed E-state index contributed by atoms with van der Waals surface area (Å²) < 4.78 is 0. The summed E-state index contributed by atoms with van der Waals surface area (Å²) in [6.07, 6.45) is 4.72. The van der Waals surface area contributed by atoms with Crippen molar-refractivity contribution in [3.05, 3.63) is 35.0 Å². The molecule has 0 aliphatic heterocycles. The number of nitrogens with one attached hydrogen (secondary N) is 2. The number of H-pyrrole nitrogens is 2. The Bertz CT molecular complexity index is 1080. The topological polar surface area (TPSA) is 120 Å². The third-order valence-corrected chi connectivity index (χ3v) is 5.32. The summed E-state index contributed by atoms with van der Waals surface area (Å²) in [7, 11) is 3.49. The average Bonchev–Trinajstić information content (AvgIpc) is 3.35. The van der Waals surface area contributed by atoms with Crippen molar-refractivity contribution >= 4 is 34.5 Å². The first-order valence-electron chi connectivity index (χ1n) is 9.74. The lowest BCUT2D eigenvalue weighted by Crippen LogP contribution is -2.38. The van der Waals surface area contributed by atoms with E-state index in [2.05, 4.69) is 38.1 Å². The first-order valence-corrected chi connectivity index (χ1v) is 9.74. The Morgan fingerprint density at radius 3 is 2.79 bits per heavy atom. The van der Waals surface area contributed by atoms with Crippen LogP contribution < -0.4 is 5.73 Å². The average molecular weight is 394 g/mol. The molecule has 0 fully saturated rings. The molecule has 1 aliphatic carbocycles. The van der Waals surface area contributed by atoms with Gasteiger partial charge in [0.1, 0.15) is 11.3 Å². The molecule has 3 aromatic heterocycles. The van der Waals surface area contributed by atoms with Crippen LogP contribution in [0.4, 0.5) is 10.6 Å². The molecular weight excluding hydrogens is 368 g/mol. The number of nitrogen functional groups attached to an aromatic ring is 1. The highest BCUT2D eigenvalue weighted by Gasteiger charge is 2.26. The zero-order valence-corrected chi connectivity index (χ0v) is 17.2. The van der Waals surface area contributed by atoms with Crippen molar-refractivity contribution in [1.29, 1.82) is 0 Å². The summed E-state index contributed by atoms with van der Waals surface area (Å²) in [6, 6.07) is 1.90. The molecule has 4 N–H and O–H groups in total. The summed E-state index contributed by atoms with van der Waals surface area (Å²) in [5.41, 5.74) is 11.8. The predicted molar refractivity (Wildman–Crippen MR) is 113 cm³/mol. The Kier molecular flexibility index (Phi) is 4.73. The summed E-state index contributed by atoms with van der Waals surface area (Å²) in [5, 5.41) is 7.16. The number of hydrogen-bond acceptors (Lipinski definition) is 5. The van der Waals surface area contributed by atoms with E-state index in [1.807, 2.05) is 19.2 Å². The number of aromatic nitrogens is 5. The number of imidazole rings is 1. The van der Waals surface area contributed by atoms with Crippen molar-refractivity contribution in [3.63, 3.8) is 0 Å². The van der Waals surface area contributed by atoms with Gasteiger partial charge in [-0.25, -0.2) is 14.8 Å². The number of carbonyl (C=O) groups excluding carboxylic acids is 1. The van der Waals surface area contributed by atoms with Crippen LogP contribution >= 0.6 is 0 Å². The number of carbonyl (C=O) groups is 1. The maximum atomic E-state index is 12.4. The molecule has 0 radical (unpaired) electrons. The van der Waals surface area contributed by atoms with E-state index in [-0.39, 0.29) is 11.9 Å². The molecule has 3 aromatic rings. The maximum Gasteiger partial charge on any atom is 0.319 e. The van der Waals surface area contributed by atoms with Gasteiger partial charge in [0.05, 0.1) is 23.4 Å². The van der Waals surface area contributed by atoms with E-state index in [1.54, 1.807) is 23.9 Å². The molecule has 1 atom stereocenters. The minimum atomic E-state index is -0.0546. The summed E-state index contributed by atoms with van der Waals surface area (Å²) in [5.74, 6) is 1.32. The molecule has 0 bridgehead atoms. The molecule has 1 aliphatic rings. The normalized spacial score (nSPS) is 15.9. The molecule has 152 valence electrons. The van der Waals surface area contributed by atoms with Crippen molar-refractivity contribution in [1.82, 2.24) is 34.9 Å². The van der Waals surface area contributed by atoms with Crippen LogP contribution in [0.1, 0.15) is 49.0 Å². The molecule has 3 heterocycles. The second-order valence-corrected chi connectivity index (χ2v) is 7.63. The SMILES string of the molecule is CCN(Cc1nc2c(N)nc3c(c2[nH]1)C(C)CC(c1cc[nH]n1)=C3)C(=O)N(C)C. The van der Waals surface area contributed by atoms with Crippen molar-refractivity contribution in [2.75, 3.05) is 26.4 Å². The molecule has 2 amide bonds. The largest absolute Gasteiger partial charge is 0.382 e. The summed E-state index contributed by atoms with van der Waals surface area (Å²) in [4.78, 5) is 28.3. The van der Waals surface area contributed by atoms with Gasteiger partial charge in [0.15, 0.2) is 5.82 Å². The van der Waals surface area contributed by atoms with Gasteiger partial charge in [-0.1, -0.05) is 6.92 Å². The van der Waals surface area contributed by atoms with Gasteiger partial charge >= 0.3 is 6.03 Å². The minimum Gasteiger partial charge on any atom is -0.382 e. The molecule has 0 saturated heterocycles. The Hall–Kier alpha value is -3.36. The van der Waals surface area contributed by atoms with Crippen molar-refractivity contribution in [3.8, 4) is 0 Å². The number of hydrogen-bond donors (Lipinski definition) is 3. The number of urea groups is 1. The van der Waals surface area contributed by atoms with Gasteiger partial charge in [-0.15, -0.1) is 0 Å². The van der Waals surface area contributed by atoms with E-state index in [4.69, 9.17) is 5.73 Å². The number of rotatable bonds is 4. The number of aromatic amines is 2. The number of pyridine rings is 1. The molecule has 29 heavy (non-hydrogen) atoms. The van der Waals surface area contributed by atoms with Gasteiger partial charge < -0.3 is 20.5 Å². The van der Waals surface area contributed by atoms with Crippen molar-refractivity contribution in [2.24, 2.45) is 0 Å². The van der Waals surface area contributed by atoms with Crippen LogP contribution in [0.3, 0.4) is 0 Å². The quantitative estimate of drug-likeness (QED) is 0.628. The number of nitrogens with two attached hydrogens (primary N) is 1. The zero-order chi connectivity index (χ0) is 20.7. The second-order valence-electron chi connectivity index (χ2n) is 7.63. The summed E-state index contributed by atoms with van der Waals surface area (Å²) in [6.45, 7) is 5.10. The van der Waals surface area contributed by atoms with E-state index in [0.717, 1.165) is 34.5 Å². The van der Waals surface area contributed by atoms with Crippen LogP contribution in [0.2, 0.25) is 0 Å². The van der Waals surface area contributed by atoms with Crippen molar-refractivity contribution < 1.29 is 4.79 Å². The number of allylic oxidation sites excluding steroid dienone is 1. The van der Waals surface area contributed by atoms with Crippen LogP contribution in [0.15, 0.2) is 12.3 Å². The fraction of sp³-hybridized carbons (Fsp3) is 0.400. The van der Waals surface area contributed by atoms with E-state index in [9.17, 15) is 4.79 Å². The third-order valence-electron chi connectivity index (χ3n) is 5.32. The number of fused-ring (bicyclic) bond motifs is 3. The molecule has 0 spiro atoms. The Balaban J connectivity index is 1.76. The highest BCUT2D eigenvalue weighted by molar-refractivity contribution is 5.94. The van der Waals surface area contributed by atoms with Gasteiger partial charge in [0.25, 0.3) is 0 Å². The van der Waals surface area contributed by atoms with Crippen LogP contribution in [-0.2, 0) is 6.54 Å². The van der Waals surface area contributed by atoms with Crippen molar-refractivity contribution in [2.45, 2.75) is 32.7 Å². The monoisotopic (exact) mass is 394 g/mol. The van der Waals surface area contributed by atoms with Crippen LogP contribution in [0, 0.1) is 0 Å². The van der Waals surface area contributed by atoms with Crippen LogP contribution in [-0.4, -0.2) is 61.6 Å². The van der Waals surface area contributed by atoms with E-state index >= 15 is 0 Å². The van der Waals surface area contributed by atoms with E-state index in [1.165, 1.54) is 0 Å². The smallest absolute Gasteiger partial charge is 0.319 e. The van der Waals surface area contributed by atoms with Gasteiger partial charge in [0.2, 0.25) is 0 Å². The van der Waals surface area contributed by atoms with Crippen LogP contribution in [0.25, 0.3) is 22.7 Å². The first kappa shape index (κ1) is 19.0. The Morgan fingerprint density at radius 1 is 1.34 bits per heavy atom. The number of amides is 2. The first-order chi connectivity index (χ1) is 13.9. The Morgan fingerprint density at radius 2 is 2.14 bits per heavy atom. The molecule has 9 nitrogen and oxygen atoms in total. The second kappa shape index (κ2) is 7.23. The Labute approximate surface area is 169 Å². The molecule has 9 heteroatoms. The standard InChI is InChI=1S/C20H26N8O/c1-5-28(20(29)27(3)4)10-15-24-17-16-11(2)8-12(13-6-7-22-26-13)9-14(16)23-19(21)18(17)25-15/h6-7,9,11H,5,8,10H2,1-4H3,(H2,21,23)(H,22,26)(H,24,25). The van der Waals surface area contributed by atoms with Gasteiger partial charge in [0, 0.05) is 32.4 Å². The fourth-order valence-electron chi connectivity index (χ4n) is 3.91. The highest BCUT2D eigenvalue weighted by atomic mass is 16.2. The lowest BCUT2D eigenvalue weighted by Gasteiger charge is -2.23. The van der Waals surface area contributed by atoms with E-state index < -0.39 is 0 Å². The molecule has 1 unspecified atom stereocenters. The highest BCUT2D eigenvalue weighted by Crippen LogP contribution is 2.40. The molecule has 0 saturated carbocycles. The zero-order valence-electron chi connectivity index (χ0n) is 17.2.